The molecule has 0 bridgehead atoms. The average molecular weight is 168 g/mol. The van der Waals surface area contributed by atoms with Crippen LogP contribution in [-0.2, 0) is 0 Å². The lowest BCUT2D eigenvalue weighted by atomic mass is 10.2. The van der Waals surface area contributed by atoms with Gasteiger partial charge >= 0.3 is 0 Å². The van der Waals surface area contributed by atoms with Gasteiger partial charge in [-0.3, -0.25) is 4.99 Å². The van der Waals surface area contributed by atoms with E-state index < -0.39 is 0 Å². The zero-order chi connectivity index (χ0) is 9.56. The first-order valence-corrected chi connectivity index (χ1v) is 4.43. The second-order valence-electron chi connectivity index (χ2n) is 3.45. The summed E-state index contributed by atoms with van der Waals surface area (Å²) in [4.78, 5) is 4.41. The third-order valence-corrected chi connectivity index (χ3v) is 1.53. The molecular weight excluding hydrogens is 148 g/mol. The largest absolute Gasteiger partial charge is 0.392 e. The molecule has 12 heavy (non-hydrogen) atoms. The number of nitrogens with zero attached hydrogens (tertiary/aromatic N) is 1. The molecule has 0 atom stereocenters. The van der Waals surface area contributed by atoms with E-state index in [2.05, 4.69) is 30.2 Å². The van der Waals surface area contributed by atoms with Crippen LogP contribution in [0, 0.1) is 5.92 Å². The Hall–Kier alpha value is -0.790. The van der Waals surface area contributed by atoms with Crippen molar-refractivity contribution in [2.24, 2.45) is 10.9 Å². The molecule has 0 unspecified atom stereocenters. The van der Waals surface area contributed by atoms with Crippen LogP contribution < -0.4 is 5.32 Å². The molecule has 0 amide bonds. The van der Waals surface area contributed by atoms with Crippen molar-refractivity contribution in [2.45, 2.75) is 27.7 Å². The second-order valence-corrected chi connectivity index (χ2v) is 3.45. The fourth-order valence-corrected chi connectivity index (χ4v) is 0.758. The Kier molecular flexibility index (Phi) is 5.43. The summed E-state index contributed by atoms with van der Waals surface area (Å²) < 4.78 is 0. The van der Waals surface area contributed by atoms with Gasteiger partial charge in [0.05, 0.1) is 0 Å². The van der Waals surface area contributed by atoms with Crippen LogP contribution in [0.1, 0.15) is 27.7 Å². The fraction of sp³-hybridized carbons (Fsp3) is 0.700. The molecule has 0 aliphatic heterocycles. The highest BCUT2D eigenvalue weighted by Crippen LogP contribution is 1.94. The first kappa shape index (κ1) is 11.2. The third-order valence-electron chi connectivity index (χ3n) is 1.53. The molecule has 0 fully saturated rings. The summed E-state index contributed by atoms with van der Waals surface area (Å²) in [6.07, 6.45) is 2.06. The van der Waals surface area contributed by atoms with E-state index in [1.807, 2.05) is 20.9 Å². The molecule has 0 heterocycles. The maximum atomic E-state index is 4.41. The summed E-state index contributed by atoms with van der Waals surface area (Å²) in [5, 5.41) is 3.06. The maximum Gasteiger partial charge on any atom is 0.0415 e. The Morgan fingerprint density at radius 3 is 2.42 bits per heavy atom. The topological polar surface area (TPSA) is 24.4 Å². The zero-order valence-electron chi connectivity index (χ0n) is 8.81. The molecular formula is C10H20N2. The van der Waals surface area contributed by atoms with E-state index in [9.17, 15) is 0 Å². The van der Waals surface area contributed by atoms with Crippen LogP contribution in [0.15, 0.2) is 16.8 Å². The molecule has 0 aliphatic rings. The van der Waals surface area contributed by atoms with Crippen molar-refractivity contribution in [1.29, 1.82) is 0 Å². The molecule has 1 N–H and O–H groups in total. The van der Waals surface area contributed by atoms with Crippen LogP contribution >= 0.6 is 0 Å². The SMILES string of the molecule is CNC(C)=CC(C)=NCC(C)C. The predicted octanol–water partition coefficient (Wildman–Crippen LogP) is 2.23. The van der Waals surface area contributed by atoms with Gasteiger partial charge in [-0.15, -0.1) is 0 Å². The summed E-state index contributed by atoms with van der Waals surface area (Å²) in [5.41, 5.74) is 2.25. The highest BCUT2D eigenvalue weighted by Gasteiger charge is 1.91. The van der Waals surface area contributed by atoms with Crippen molar-refractivity contribution in [3.63, 3.8) is 0 Å². The molecule has 0 aromatic heterocycles. The van der Waals surface area contributed by atoms with Gasteiger partial charge < -0.3 is 5.32 Å². The van der Waals surface area contributed by atoms with E-state index >= 15 is 0 Å². The molecule has 0 rings (SSSR count). The van der Waals surface area contributed by atoms with E-state index in [4.69, 9.17) is 0 Å². The first-order valence-electron chi connectivity index (χ1n) is 4.43. The summed E-state index contributed by atoms with van der Waals surface area (Å²) >= 11 is 0. The lowest BCUT2D eigenvalue weighted by molar-refractivity contribution is 0.666. The first-order chi connectivity index (χ1) is 5.56. The van der Waals surface area contributed by atoms with E-state index in [1.54, 1.807) is 0 Å². The fourth-order valence-electron chi connectivity index (χ4n) is 0.758. The molecule has 2 heteroatoms. The molecule has 0 aromatic rings. The van der Waals surface area contributed by atoms with Crippen molar-refractivity contribution in [2.75, 3.05) is 13.6 Å². The lowest BCUT2D eigenvalue weighted by Gasteiger charge is -2.01. The quantitative estimate of drug-likeness (QED) is 0.640. The molecule has 2 nitrogen and oxygen atoms in total. The Labute approximate surface area is 75.8 Å². The van der Waals surface area contributed by atoms with Gasteiger partial charge in [0.2, 0.25) is 0 Å². The van der Waals surface area contributed by atoms with Gasteiger partial charge in [0.15, 0.2) is 0 Å². The van der Waals surface area contributed by atoms with Gasteiger partial charge in [0.25, 0.3) is 0 Å². The molecule has 0 radical (unpaired) electrons. The molecule has 0 saturated carbocycles. The van der Waals surface area contributed by atoms with Crippen LogP contribution in [0.2, 0.25) is 0 Å². The van der Waals surface area contributed by atoms with Crippen molar-refractivity contribution in [3.05, 3.63) is 11.8 Å². The van der Waals surface area contributed by atoms with Crippen LogP contribution in [0.3, 0.4) is 0 Å². The minimum Gasteiger partial charge on any atom is -0.392 e. The zero-order valence-corrected chi connectivity index (χ0v) is 8.81. The van der Waals surface area contributed by atoms with Crippen molar-refractivity contribution < 1.29 is 0 Å². The van der Waals surface area contributed by atoms with E-state index in [-0.39, 0.29) is 0 Å². The van der Waals surface area contributed by atoms with Crippen molar-refractivity contribution in [1.82, 2.24) is 5.32 Å². The van der Waals surface area contributed by atoms with Gasteiger partial charge in [-0.25, -0.2) is 0 Å². The third kappa shape index (κ3) is 5.96. The van der Waals surface area contributed by atoms with Crippen molar-refractivity contribution in [3.8, 4) is 0 Å². The molecule has 0 saturated heterocycles. The van der Waals surface area contributed by atoms with Gasteiger partial charge in [-0.2, -0.15) is 0 Å². The lowest BCUT2D eigenvalue weighted by Crippen LogP contribution is -2.04. The highest BCUT2D eigenvalue weighted by atomic mass is 14.8. The Bertz CT molecular complexity index is 178. The smallest absolute Gasteiger partial charge is 0.0415 e. The summed E-state index contributed by atoms with van der Waals surface area (Å²) in [7, 11) is 1.92. The summed E-state index contributed by atoms with van der Waals surface area (Å²) in [5.74, 6) is 0.642. The van der Waals surface area contributed by atoms with Crippen LogP contribution in [0.4, 0.5) is 0 Å². The minimum atomic E-state index is 0.642. The van der Waals surface area contributed by atoms with Crippen LogP contribution in [-0.4, -0.2) is 19.3 Å². The molecule has 0 aromatic carbocycles. The highest BCUT2D eigenvalue weighted by molar-refractivity contribution is 5.93. The number of nitrogens with one attached hydrogen (secondary N) is 1. The van der Waals surface area contributed by atoms with Gasteiger partial charge in [-0.05, 0) is 25.8 Å². The molecule has 0 spiro atoms. The second kappa shape index (κ2) is 5.81. The number of allylic oxidation sites excluding steroid dienone is 2. The molecule has 0 aliphatic carbocycles. The van der Waals surface area contributed by atoms with E-state index in [0.29, 0.717) is 5.92 Å². The normalized spacial score (nSPS) is 13.8. The van der Waals surface area contributed by atoms with Gasteiger partial charge in [0.1, 0.15) is 0 Å². The number of hydrogen-bond donors (Lipinski definition) is 1. The Morgan fingerprint density at radius 1 is 1.42 bits per heavy atom. The number of aliphatic imine (C=N–C) groups is 1. The van der Waals surface area contributed by atoms with E-state index in [0.717, 1.165) is 18.0 Å². The average Bonchev–Trinajstić information content (AvgIpc) is 2.00. The Balaban J connectivity index is 4.01. The summed E-state index contributed by atoms with van der Waals surface area (Å²) in [6.45, 7) is 9.33. The minimum absolute atomic E-state index is 0.642. The number of hydrogen-bond acceptors (Lipinski definition) is 2. The van der Waals surface area contributed by atoms with Gasteiger partial charge in [0, 0.05) is 25.0 Å². The van der Waals surface area contributed by atoms with E-state index in [1.165, 1.54) is 0 Å². The number of rotatable bonds is 4. The molecule has 70 valence electrons. The maximum absolute atomic E-state index is 4.41. The monoisotopic (exact) mass is 168 g/mol. The van der Waals surface area contributed by atoms with Crippen LogP contribution in [0.25, 0.3) is 0 Å². The summed E-state index contributed by atoms with van der Waals surface area (Å²) in [6, 6.07) is 0. The van der Waals surface area contributed by atoms with Gasteiger partial charge in [-0.1, -0.05) is 13.8 Å². The standard InChI is InChI=1S/C10H20N2/c1-8(2)7-12-10(4)6-9(3)11-5/h6,8,11H,7H2,1-5H3. The Morgan fingerprint density at radius 2 is 2.00 bits per heavy atom. The predicted molar refractivity (Wildman–Crippen MR) is 55.6 cm³/mol. The van der Waals surface area contributed by atoms with Crippen molar-refractivity contribution >= 4 is 5.71 Å². The van der Waals surface area contributed by atoms with Crippen LogP contribution in [0.5, 0.6) is 0 Å².